The monoisotopic (exact) mass is 360 g/mol. The summed E-state index contributed by atoms with van der Waals surface area (Å²) in [5.41, 5.74) is 3.62. The Balaban J connectivity index is 1.83. The van der Waals surface area contributed by atoms with Gasteiger partial charge in [0.1, 0.15) is 0 Å². The highest BCUT2D eigenvalue weighted by atomic mass is 16.2. The van der Waals surface area contributed by atoms with Gasteiger partial charge in [-0.2, -0.15) is 5.10 Å². The topological polar surface area (TPSA) is 66.7 Å². The van der Waals surface area contributed by atoms with Crippen LogP contribution in [0.2, 0.25) is 0 Å². The van der Waals surface area contributed by atoms with Crippen LogP contribution < -0.4 is 5.32 Å². The maximum absolute atomic E-state index is 13.0. The van der Waals surface area contributed by atoms with Crippen LogP contribution in [0.25, 0.3) is 10.9 Å². The van der Waals surface area contributed by atoms with Crippen LogP contribution in [0, 0.1) is 6.92 Å². The zero-order chi connectivity index (χ0) is 19.1. The van der Waals surface area contributed by atoms with Crippen molar-refractivity contribution in [3.63, 3.8) is 0 Å². The molecule has 3 aromatic rings. The molecule has 27 heavy (non-hydrogen) atoms. The Hall–Kier alpha value is -3.41. The third kappa shape index (κ3) is 2.89. The number of amides is 2. The summed E-state index contributed by atoms with van der Waals surface area (Å²) in [6.45, 7) is 3.41. The zero-order valence-electron chi connectivity index (χ0n) is 15.4. The molecule has 1 N–H and O–H groups in total. The Morgan fingerprint density at radius 1 is 1.11 bits per heavy atom. The molecule has 136 valence electrons. The average Bonchev–Trinajstić information content (AvgIpc) is 2.98. The standard InChI is InChI=1S/C21H20N4O2/c1-13-8-10-15(11-9-13)20-22-21(27)19(25(23-20)14(2)26)17-12-24(3)18-7-5-4-6-16(17)18/h4-12,19H,1-3H3,(H,22,23,27). The van der Waals surface area contributed by atoms with Crippen molar-refractivity contribution in [1.29, 1.82) is 0 Å². The van der Waals surface area contributed by atoms with E-state index in [9.17, 15) is 9.59 Å². The first-order chi connectivity index (χ1) is 13.0. The van der Waals surface area contributed by atoms with E-state index < -0.39 is 6.04 Å². The third-order valence-corrected chi connectivity index (χ3v) is 4.81. The molecule has 0 radical (unpaired) electrons. The first-order valence-corrected chi connectivity index (χ1v) is 8.76. The van der Waals surface area contributed by atoms with Crippen LogP contribution in [0.4, 0.5) is 0 Å². The summed E-state index contributed by atoms with van der Waals surface area (Å²) < 4.78 is 1.95. The maximum atomic E-state index is 13.0. The number of amidine groups is 1. The van der Waals surface area contributed by atoms with Crippen LogP contribution in [0.1, 0.15) is 29.7 Å². The normalized spacial score (nSPS) is 17.0. The fourth-order valence-electron chi connectivity index (χ4n) is 3.44. The number of fused-ring (bicyclic) bond motifs is 1. The number of rotatable bonds is 2. The van der Waals surface area contributed by atoms with E-state index >= 15 is 0 Å². The minimum Gasteiger partial charge on any atom is -0.350 e. The molecule has 2 amide bonds. The second-order valence-corrected chi connectivity index (χ2v) is 6.78. The van der Waals surface area contributed by atoms with Gasteiger partial charge in [0.15, 0.2) is 11.9 Å². The van der Waals surface area contributed by atoms with E-state index in [1.54, 1.807) is 0 Å². The van der Waals surface area contributed by atoms with Gasteiger partial charge in [-0.05, 0) is 13.0 Å². The van der Waals surface area contributed by atoms with Crippen LogP contribution in [0.3, 0.4) is 0 Å². The van der Waals surface area contributed by atoms with Crippen molar-refractivity contribution in [2.24, 2.45) is 12.1 Å². The molecule has 2 aromatic carbocycles. The van der Waals surface area contributed by atoms with Gasteiger partial charge in [-0.15, -0.1) is 0 Å². The van der Waals surface area contributed by atoms with Crippen molar-refractivity contribution in [3.8, 4) is 0 Å². The van der Waals surface area contributed by atoms with Crippen molar-refractivity contribution >= 4 is 28.6 Å². The van der Waals surface area contributed by atoms with Gasteiger partial charge in [0.25, 0.3) is 5.91 Å². The fourth-order valence-corrected chi connectivity index (χ4v) is 3.44. The number of para-hydroxylation sites is 1. The van der Waals surface area contributed by atoms with Crippen molar-refractivity contribution in [2.45, 2.75) is 19.9 Å². The number of hydrogen-bond donors (Lipinski definition) is 1. The van der Waals surface area contributed by atoms with Gasteiger partial charge in [0, 0.05) is 42.2 Å². The highest BCUT2D eigenvalue weighted by Crippen LogP contribution is 2.32. The Bertz CT molecular complexity index is 1080. The number of carbonyl (C=O) groups is 2. The van der Waals surface area contributed by atoms with E-state index in [0.717, 1.165) is 27.6 Å². The van der Waals surface area contributed by atoms with Gasteiger partial charge < -0.3 is 9.88 Å². The van der Waals surface area contributed by atoms with Crippen molar-refractivity contribution < 1.29 is 9.59 Å². The van der Waals surface area contributed by atoms with E-state index in [-0.39, 0.29) is 11.8 Å². The molecule has 0 bridgehead atoms. The van der Waals surface area contributed by atoms with Gasteiger partial charge in [-0.25, -0.2) is 5.01 Å². The molecule has 0 saturated heterocycles. The molecular weight excluding hydrogens is 340 g/mol. The lowest BCUT2D eigenvalue weighted by Gasteiger charge is -2.31. The molecule has 1 aliphatic heterocycles. The Morgan fingerprint density at radius 3 is 2.52 bits per heavy atom. The van der Waals surface area contributed by atoms with E-state index in [1.165, 1.54) is 11.9 Å². The minimum atomic E-state index is -0.803. The van der Waals surface area contributed by atoms with Gasteiger partial charge >= 0.3 is 0 Å². The van der Waals surface area contributed by atoms with Crippen LogP contribution in [0.15, 0.2) is 59.8 Å². The molecule has 0 saturated carbocycles. The Labute approximate surface area is 157 Å². The summed E-state index contributed by atoms with van der Waals surface area (Å²) >= 11 is 0. The van der Waals surface area contributed by atoms with Crippen LogP contribution >= 0.6 is 0 Å². The van der Waals surface area contributed by atoms with Crippen molar-refractivity contribution in [3.05, 3.63) is 71.4 Å². The average molecular weight is 360 g/mol. The third-order valence-electron chi connectivity index (χ3n) is 4.81. The lowest BCUT2D eigenvalue weighted by atomic mass is 10.0. The molecule has 1 atom stereocenters. The molecule has 6 nitrogen and oxygen atoms in total. The second kappa shape index (κ2) is 6.39. The molecule has 6 heteroatoms. The van der Waals surface area contributed by atoms with Gasteiger partial charge in [0.2, 0.25) is 5.91 Å². The fraction of sp³-hybridized carbons (Fsp3) is 0.190. The summed E-state index contributed by atoms with van der Waals surface area (Å²) in [6.07, 6.45) is 1.89. The first kappa shape index (κ1) is 17.0. The minimum absolute atomic E-state index is 0.271. The summed E-state index contributed by atoms with van der Waals surface area (Å²) in [6, 6.07) is 14.7. The van der Waals surface area contributed by atoms with Gasteiger partial charge in [-0.3, -0.25) is 9.59 Å². The summed E-state index contributed by atoms with van der Waals surface area (Å²) in [5.74, 6) is -0.175. The van der Waals surface area contributed by atoms with Gasteiger partial charge in [-0.1, -0.05) is 48.0 Å². The molecule has 0 aliphatic carbocycles. The van der Waals surface area contributed by atoms with E-state index in [1.807, 2.05) is 73.3 Å². The quantitative estimate of drug-likeness (QED) is 0.764. The molecule has 1 unspecified atom stereocenters. The van der Waals surface area contributed by atoms with Crippen molar-refractivity contribution in [1.82, 2.24) is 14.9 Å². The predicted octanol–water partition coefficient (Wildman–Crippen LogP) is 2.87. The highest BCUT2D eigenvalue weighted by molar-refractivity contribution is 6.12. The SMILES string of the molecule is CC(=O)N1N=C(c2ccc(C)cc2)NC(=O)C1c1cn(C)c2ccccc12. The van der Waals surface area contributed by atoms with Gasteiger partial charge in [0.05, 0.1) is 0 Å². The molecule has 0 spiro atoms. The number of benzene rings is 2. The molecule has 4 rings (SSSR count). The van der Waals surface area contributed by atoms with Crippen molar-refractivity contribution in [2.75, 3.05) is 0 Å². The number of nitrogens with one attached hydrogen (secondary N) is 1. The number of hydrazone groups is 1. The molecular formula is C21H20N4O2. The first-order valence-electron chi connectivity index (χ1n) is 8.76. The largest absolute Gasteiger partial charge is 0.350 e. The van der Waals surface area contributed by atoms with Crippen LogP contribution in [-0.2, 0) is 16.6 Å². The molecule has 0 fully saturated rings. The van der Waals surface area contributed by atoms with E-state index in [0.29, 0.717) is 5.84 Å². The van der Waals surface area contributed by atoms with Crippen LogP contribution in [0.5, 0.6) is 0 Å². The number of nitrogens with zero attached hydrogens (tertiary/aromatic N) is 3. The molecule has 1 aromatic heterocycles. The number of aromatic nitrogens is 1. The maximum Gasteiger partial charge on any atom is 0.255 e. The summed E-state index contributed by atoms with van der Waals surface area (Å²) in [4.78, 5) is 25.4. The number of carbonyl (C=O) groups excluding carboxylic acids is 2. The molecule has 2 heterocycles. The zero-order valence-corrected chi connectivity index (χ0v) is 15.4. The smallest absolute Gasteiger partial charge is 0.255 e. The summed E-state index contributed by atoms with van der Waals surface area (Å²) in [5, 5.41) is 9.54. The second-order valence-electron chi connectivity index (χ2n) is 6.78. The Morgan fingerprint density at radius 2 is 1.81 bits per heavy atom. The van der Waals surface area contributed by atoms with E-state index in [4.69, 9.17) is 0 Å². The highest BCUT2D eigenvalue weighted by Gasteiger charge is 2.36. The number of hydrogen-bond acceptors (Lipinski definition) is 3. The summed E-state index contributed by atoms with van der Waals surface area (Å²) in [7, 11) is 1.92. The number of aryl methyl sites for hydroxylation is 2. The van der Waals surface area contributed by atoms with E-state index in [2.05, 4.69) is 10.4 Å². The van der Waals surface area contributed by atoms with Crippen LogP contribution in [-0.4, -0.2) is 27.2 Å². The predicted molar refractivity (Wildman–Crippen MR) is 104 cm³/mol. The lowest BCUT2D eigenvalue weighted by molar-refractivity contribution is -0.139. The Kier molecular flexibility index (Phi) is 4.03. The molecule has 1 aliphatic rings. The lowest BCUT2D eigenvalue weighted by Crippen LogP contribution is -2.48.